The summed E-state index contributed by atoms with van der Waals surface area (Å²) >= 11 is 0. The van der Waals surface area contributed by atoms with Crippen molar-refractivity contribution in [2.75, 3.05) is 46.3 Å². The Hall–Kier alpha value is -2.26. The first-order valence-corrected chi connectivity index (χ1v) is 13.2. The number of rotatable bonds is 7. The molecule has 2 aromatic carbocycles. The van der Waals surface area contributed by atoms with E-state index in [0.717, 1.165) is 25.2 Å². The third-order valence-corrected chi connectivity index (χ3v) is 8.39. The van der Waals surface area contributed by atoms with Crippen LogP contribution in [-0.2, 0) is 23.1 Å². The first-order valence-electron chi connectivity index (χ1n) is 11.8. The number of piperazine rings is 1. The van der Waals surface area contributed by atoms with Crippen LogP contribution in [0.25, 0.3) is 0 Å². The summed E-state index contributed by atoms with van der Waals surface area (Å²) in [6.07, 6.45) is 3.85. The van der Waals surface area contributed by atoms with E-state index in [4.69, 9.17) is 0 Å². The molecule has 2 fully saturated rings. The van der Waals surface area contributed by atoms with Gasteiger partial charge >= 0.3 is 0 Å². The van der Waals surface area contributed by atoms with Gasteiger partial charge in [-0.1, -0.05) is 36.8 Å². The van der Waals surface area contributed by atoms with Gasteiger partial charge in [-0.15, -0.1) is 0 Å². The summed E-state index contributed by atoms with van der Waals surface area (Å²) < 4.78 is 27.5. The van der Waals surface area contributed by atoms with Gasteiger partial charge in [-0.2, -0.15) is 4.31 Å². The van der Waals surface area contributed by atoms with Gasteiger partial charge in [0.15, 0.2) is 0 Å². The van der Waals surface area contributed by atoms with Crippen LogP contribution >= 0.6 is 0 Å². The minimum absolute atomic E-state index is 0.170. The van der Waals surface area contributed by atoms with E-state index >= 15 is 0 Å². The van der Waals surface area contributed by atoms with Crippen LogP contribution in [0.15, 0.2) is 53.4 Å². The van der Waals surface area contributed by atoms with E-state index in [1.165, 1.54) is 35.2 Å². The molecule has 2 aromatic rings. The van der Waals surface area contributed by atoms with Crippen LogP contribution < -0.4 is 5.32 Å². The minimum atomic E-state index is -3.61. The Morgan fingerprint density at radius 3 is 2.33 bits per heavy atom. The van der Waals surface area contributed by atoms with Crippen molar-refractivity contribution in [2.45, 2.75) is 37.2 Å². The number of nitrogens with one attached hydrogen (secondary N) is 1. The zero-order chi connectivity index (χ0) is 23.3. The van der Waals surface area contributed by atoms with Crippen molar-refractivity contribution < 1.29 is 13.2 Å². The standard InChI is InChI=1S/C25H34N4O3S/c1-27-13-15-29(16-14-27)33(31,32)24-10-6-9-23(18-24)25(30)26-19-21-7-5-8-22(17-21)20-28-11-3-2-4-12-28/h5-10,17-18H,2-4,11-16,19-20H2,1H3,(H,26,30). The van der Waals surface area contributed by atoms with Gasteiger partial charge in [0.05, 0.1) is 4.90 Å². The second-order valence-corrected chi connectivity index (χ2v) is 11.0. The number of benzene rings is 2. The van der Waals surface area contributed by atoms with E-state index in [9.17, 15) is 13.2 Å². The summed E-state index contributed by atoms with van der Waals surface area (Å²) in [5.74, 6) is -0.271. The Kier molecular flexibility index (Phi) is 7.80. The number of carbonyl (C=O) groups excluding carboxylic acids is 1. The Morgan fingerprint density at radius 1 is 0.879 bits per heavy atom. The quantitative estimate of drug-likeness (QED) is 0.673. The van der Waals surface area contributed by atoms with E-state index in [-0.39, 0.29) is 10.8 Å². The number of nitrogens with zero attached hydrogens (tertiary/aromatic N) is 3. The molecule has 2 heterocycles. The molecule has 0 bridgehead atoms. The molecule has 0 spiro atoms. The Balaban J connectivity index is 1.38. The fourth-order valence-electron chi connectivity index (χ4n) is 4.47. The number of piperidine rings is 1. The lowest BCUT2D eigenvalue weighted by Gasteiger charge is -2.31. The van der Waals surface area contributed by atoms with Crippen LogP contribution in [0.4, 0.5) is 0 Å². The smallest absolute Gasteiger partial charge is 0.251 e. The third-order valence-electron chi connectivity index (χ3n) is 6.50. The van der Waals surface area contributed by atoms with Gasteiger partial charge in [-0.3, -0.25) is 9.69 Å². The Bertz CT molecular complexity index is 1060. The second kappa shape index (κ2) is 10.8. The van der Waals surface area contributed by atoms with Crippen molar-refractivity contribution in [3.8, 4) is 0 Å². The average molecular weight is 471 g/mol. The Labute approximate surface area is 197 Å². The minimum Gasteiger partial charge on any atom is -0.348 e. The SMILES string of the molecule is CN1CCN(S(=O)(=O)c2cccc(C(=O)NCc3cccc(CN4CCCCC4)c3)c2)CC1. The molecule has 4 rings (SSSR count). The highest BCUT2D eigenvalue weighted by Gasteiger charge is 2.28. The van der Waals surface area contributed by atoms with E-state index in [1.54, 1.807) is 18.2 Å². The fourth-order valence-corrected chi connectivity index (χ4v) is 5.94. The molecule has 0 aromatic heterocycles. The van der Waals surface area contributed by atoms with Gasteiger partial charge in [0.2, 0.25) is 10.0 Å². The average Bonchev–Trinajstić information content (AvgIpc) is 2.84. The predicted octanol–water partition coefficient (Wildman–Crippen LogP) is 2.54. The highest BCUT2D eigenvalue weighted by atomic mass is 32.2. The van der Waals surface area contributed by atoms with Crippen LogP contribution in [0.1, 0.15) is 40.7 Å². The maximum atomic E-state index is 13.0. The van der Waals surface area contributed by atoms with E-state index in [2.05, 4.69) is 27.2 Å². The molecule has 178 valence electrons. The van der Waals surface area contributed by atoms with E-state index in [1.807, 2.05) is 19.2 Å². The number of sulfonamides is 1. The summed E-state index contributed by atoms with van der Waals surface area (Å²) in [7, 11) is -1.62. The number of likely N-dealkylation sites (N-methyl/N-ethyl adjacent to an activating group) is 1. The molecule has 0 saturated carbocycles. The van der Waals surface area contributed by atoms with Crippen LogP contribution in [0.5, 0.6) is 0 Å². The molecule has 1 amide bonds. The molecule has 0 aliphatic carbocycles. The molecule has 0 radical (unpaired) electrons. The van der Waals surface area contributed by atoms with Crippen LogP contribution in [-0.4, -0.2) is 74.7 Å². The maximum absolute atomic E-state index is 13.0. The van der Waals surface area contributed by atoms with Crippen molar-refractivity contribution in [1.29, 1.82) is 0 Å². The molecule has 2 aliphatic heterocycles. The summed E-state index contributed by atoms with van der Waals surface area (Å²) in [6.45, 7) is 5.97. The lowest BCUT2D eigenvalue weighted by Crippen LogP contribution is -2.47. The van der Waals surface area contributed by atoms with Gasteiger partial charge in [0.1, 0.15) is 0 Å². The number of hydrogen-bond donors (Lipinski definition) is 1. The van der Waals surface area contributed by atoms with Gasteiger partial charge in [-0.25, -0.2) is 8.42 Å². The maximum Gasteiger partial charge on any atom is 0.251 e. The lowest BCUT2D eigenvalue weighted by molar-refractivity contribution is 0.0950. The zero-order valence-electron chi connectivity index (χ0n) is 19.4. The number of amides is 1. The van der Waals surface area contributed by atoms with Crippen molar-refractivity contribution in [3.63, 3.8) is 0 Å². The largest absolute Gasteiger partial charge is 0.348 e. The first-order chi connectivity index (χ1) is 15.9. The molecule has 8 heteroatoms. The van der Waals surface area contributed by atoms with Gasteiger partial charge in [-0.05, 0) is 62.3 Å². The molecular weight excluding hydrogens is 436 g/mol. The lowest BCUT2D eigenvalue weighted by atomic mass is 10.1. The summed E-state index contributed by atoms with van der Waals surface area (Å²) in [4.78, 5) is 17.5. The molecule has 2 saturated heterocycles. The first kappa shape index (κ1) is 23.9. The highest BCUT2D eigenvalue weighted by molar-refractivity contribution is 7.89. The molecule has 0 atom stereocenters. The van der Waals surface area contributed by atoms with Crippen LogP contribution in [0.2, 0.25) is 0 Å². The summed E-state index contributed by atoms with van der Waals surface area (Å²) in [5, 5.41) is 2.94. The second-order valence-electron chi connectivity index (χ2n) is 9.07. The third kappa shape index (κ3) is 6.20. The van der Waals surface area contributed by atoms with E-state index < -0.39 is 10.0 Å². The van der Waals surface area contributed by atoms with Crippen molar-refractivity contribution in [1.82, 2.24) is 19.4 Å². The van der Waals surface area contributed by atoms with Gasteiger partial charge < -0.3 is 10.2 Å². The topological polar surface area (TPSA) is 73.0 Å². The zero-order valence-corrected chi connectivity index (χ0v) is 20.2. The number of hydrogen-bond acceptors (Lipinski definition) is 5. The van der Waals surface area contributed by atoms with Gasteiger partial charge in [0, 0.05) is 44.8 Å². The molecule has 33 heavy (non-hydrogen) atoms. The molecular formula is C25H34N4O3S. The van der Waals surface area contributed by atoms with Gasteiger partial charge in [0.25, 0.3) is 5.91 Å². The van der Waals surface area contributed by atoms with Crippen molar-refractivity contribution in [3.05, 3.63) is 65.2 Å². The van der Waals surface area contributed by atoms with E-state index in [0.29, 0.717) is 38.3 Å². The molecule has 7 nitrogen and oxygen atoms in total. The summed E-state index contributed by atoms with van der Waals surface area (Å²) in [5.41, 5.74) is 2.65. The molecule has 0 unspecified atom stereocenters. The summed E-state index contributed by atoms with van der Waals surface area (Å²) in [6, 6.07) is 14.7. The van der Waals surface area contributed by atoms with Crippen molar-refractivity contribution >= 4 is 15.9 Å². The fraction of sp³-hybridized carbons (Fsp3) is 0.480. The predicted molar refractivity (Wildman–Crippen MR) is 129 cm³/mol. The Morgan fingerprint density at radius 2 is 1.58 bits per heavy atom. The normalized spacial score (nSPS) is 18.8. The molecule has 1 N–H and O–H groups in total. The monoisotopic (exact) mass is 470 g/mol. The number of likely N-dealkylation sites (tertiary alicyclic amines) is 1. The van der Waals surface area contributed by atoms with Crippen molar-refractivity contribution in [2.24, 2.45) is 0 Å². The highest BCUT2D eigenvalue weighted by Crippen LogP contribution is 2.19. The van der Waals surface area contributed by atoms with Crippen LogP contribution in [0, 0.1) is 0 Å². The number of carbonyl (C=O) groups is 1. The van der Waals surface area contributed by atoms with Crippen LogP contribution in [0.3, 0.4) is 0 Å². The molecule has 2 aliphatic rings.